The van der Waals surface area contributed by atoms with E-state index < -0.39 is 0 Å². The third-order valence-electron chi connectivity index (χ3n) is 5.92. The zero-order chi connectivity index (χ0) is 19.8. The number of aromatic nitrogens is 5. The molecule has 0 radical (unpaired) electrons. The molecule has 1 saturated heterocycles. The third kappa shape index (κ3) is 3.75. The Morgan fingerprint density at radius 1 is 1.03 bits per heavy atom. The topological polar surface area (TPSA) is 118 Å². The van der Waals surface area contributed by atoms with E-state index in [0.717, 1.165) is 50.0 Å². The van der Waals surface area contributed by atoms with Crippen LogP contribution in [0, 0.1) is 0 Å². The van der Waals surface area contributed by atoms with Gasteiger partial charge in [-0.1, -0.05) is 5.21 Å². The van der Waals surface area contributed by atoms with Crippen LogP contribution in [0.4, 0.5) is 11.6 Å². The van der Waals surface area contributed by atoms with Gasteiger partial charge in [-0.25, -0.2) is 4.98 Å². The molecule has 9 heteroatoms. The summed E-state index contributed by atoms with van der Waals surface area (Å²) in [5.74, 6) is 0.601. The predicted molar refractivity (Wildman–Crippen MR) is 111 cm³/mol. The average molecular weight is 394 g/mol. The Bertz CT molecular complexity index is 980. The van der Waals surface area contributed by atoms with Crippen LogP contribution in [0.1, 0.15) is 32.1 Å². The first-order valence-corrected chi connectivity index (χ1v) is 10.3. The number of fused-ring (bicyclic) bond motifs is 1. The quantitative estimate of drug-likeness (QED) is 0.609. The number of hydrogen-bond donors (Lipinski definition) is 3. The highest BCUT2D eigenvalue weighted by atomic mass is 16.3. The third-order valence-corrected chi connectivity index (χ3v) is 5.92. The van der Waals surface area contributed by atoms with Gasteiger partial charge in [-0.05, 0) is 56.4 Å². The van der Waals surface area contributed by atoms with E-state index in [1.165, 1.54) is 0 Å². The van der Waals surface area contributed by atoms with Crippen LogP contribution in [-0.4, -0.2) is 61.3 Å². The summed E-state index contributed by atoms with van der Waals surface area (Å²) >= 11 is 0. The molecule has 1 atom stereocenters. The van der Waals surface area contributed by atoms with Gasteiger partial charge >= 0.3 is 0 Å². The lowest BCUT2D eigenvalue weighted by Crippen LogP contribution is -2.33. The second-order valence-electron chi connectivity index (χ2n) is 8.06. The van der Waals surface area contributed by atoms with Gasteiger partial charge in [0.1, 0.15) is 0 Å². The summed E-state index contributed by atoms with van der Waals surface area (Å²) in [6.07, 6.45) is 6.41. The maximum absolute atomic E-state index is 9.75. The lowest BCUT2D eigenvalue weighted by molar-refractivity contribution is 0.198. The Kier molecular flexibility index (Phi) is 4.76. The van der Waals surface area contributed by atoms with E-state index in [-0.39, 0.29) is 6.10 Å². The van der Waals surface area contributed by atoms with Crippen molar-refractivity contribution in [2.45, 2.75) is 50.3 Å². The summed E-state index contributed by atoms with van der Waals surface area (Å²) in [6, 6.07) is 8.78. The fourth-order valence-corrected chi connectivity index (χ4v) is 4.20. The van der Waals surface area contributed by atoms with Gasteiger partial charge in [0, 0.05) is 30.9 Å². The standard InChI is InChI=1S/C20H26N8O/c21-13-1-3-14(4-2-13)23-20-22-11-18-19(24-20)28(26-25-18)16-7-5-15(6-8-16)27-10-9-17(29)12-27/h5-8,11,13-14,17,29H,1-4,9-10,12,21H2,(H,22,23,24). The van der Waals surface area contributed by atoms with Gasteiger partial charge in [-0.2, -0.15) is 9.67 Å². The lowest BCUT2D eigenvalue weighted by Gasteiger charge is -2.26. The fourth-order valence-electron chi connectivity index (χ4n) is 4.20. The van der Waals surface area contributed by atoms with Crippen molar-refractivity contribution in [1.82, 2.24) is 25.0 Å². The average Bonchev–Trinajstić information content (AvgIpc) is 3.36. The van der Waals surface area contributed by atoms with E-state index in [4.69, 9.17) is 5.73 Å². The Labute approximate surface area is 168 Å². The minimum atomic E-state index is -0.239. The number of rotatable bonds is 4. The number of β-amino-alcohol motifs (C(OH)–C–C–N with tert-alkyl or cyclic N) is 1. The molecule has 3 aromatic rings. The highest BCUT2D eigenvalue weighted by molar-refractivity contribution is 5.72. The molecule has 2 aliphatic rings. The van der Waals surface area contributed by atoms with Crippen molar-refractivity contribution in [1.29, 1.82) is 0 Å². The van der Waals surface area contributed by atoms with Crippen molar-refractivity contribution < 1.29 is 5.11 Å². The minimum absolute atomic E-state index is 0.239. The summed E-state index contributed by atoms with van der Waals surface area (Å²) in [5, 5.41) is 21.7. The summed E-state index contributed by atoms with van der Waals surface area (Å²) in [5.41, 5.74) is 9.33. The molecule has 2 fully saturated rings. The van der Waals surface area contributed by atoms with E-state index in [1.54, 1.807) is 10.9 Å². The number of nitrogens with two attached hydrogens (primary N) is 1. The maximum Gasteiger partial charge on any atom is 0.225 e. The lowest BCUT2D eigenvalue weighted by atomic mass is 9.92. The monoisotopic (exact) mass is 394 g/mol. The summed E-state index contributed by atoms with van der Waals surface area (Å²) in [6.45, 7) is 1.56. The molecular formula is C20H26N8O. The van der Waals surface area contributed by atoms with Gasteiger partial charge < -0.3 is 21.1 Å². The first-order valence-electron chi connectivity index (χ1n) is 10.3. The van der Waals surface area contributed by atoms with Gasteiger partial charge in [0.05, 0.1) is 18.0 Å². The zero-order valence-electron chi connectivity index (χ0n) is 16.3. The second-order valence-corrected chi connectivity index (χ2v) is 8.06. The summed E-state index contributed by atoms with van der Waals surface area (Å²) in [7, 11) is 0. The van der Waals surface area contributed by atoms with Crippen LogP contribution < -0.4 is 16.0 Å². The first-order chi connectivity index (χ1) is 14.2. The van der Waals surface area contributed by atoms with Gasteiger partial charge in [0.2, 0.25) is 5.95 Å². The largest absolute Gasteiger partial charge is 0.391 e. The van der Waals surface area contributed by atoms with Crippen molar-refractivity contribution in [2.75, 3.05) is 23.3 Å². The van der Waals surface area contributed by atoms with E-state index in [2.05, 4.69) is 30.5 Å². The molecular weight excluding hydrogens is 368 g/mol. The molecule has 9 nitrogen and oxygen atoms in total. The van der Waals surface area contributed by atoms with Crippen LogP contribution >= 0.6 is 0 Å². The Balaban J connectivity index is 1.37. The molecule has 3 heterocycles. The van der Waals surface area contributed by atoms with E-state index >= 15 is 0 Å². The van der Waals surface area contributed by atoms with Gasteiger partial charge in [-0.15, -0.1) is 5.10 Å². The van der Waals surface area contributed by atoms with E-state index in [0.29, 0.717) is 35.7 Å². The maximum atomic E-state index is 9.75. The Morgan fingerprint density at radius 3 is 2.52 bits per heavy atom. The molecule has 2 aromatic heterocycles. The highest BCUT2D eigenvalue weighted by Gasteiger charge is 2.21. The molecule has 29 heavy (non-hydrogen) atoms. The van der Waals surface area contributed by atoms with Crippen molar-refractivity contribution >= 4 is 22.8 Å². The van der Waals surface area contributed by atoms with Crippen molar-refractivity contribution in [3.8, 4) is 5.69 Å². The molecule has 1 unspecified atom stereocenters. The molecule has 1 saturated carbocycles. The molecule has 0 spiro atoms. The number of aliphatic hydroxyl groups is 1. The van der Waals surface area contributed by atoms with Crippen LogP contribution in [0.3, 0.4) is 0 Å². The number of benzene rings is 1. The number of nitrogens with zero attached hydrogens (tertiary/aromatic N) is 6. The molecule has 1 aromatic carbocycles. The molecule has 1 aliphatic heterocycles. The summed E-state index contributed by atoms with van der Waals surface area (Å²) < 4.78 is 1.74. The first kappa shape index (κ1) is 18.3. The van der Waals surface area contributed by atoms with Crippen molar-refractivity contribution in [2.24, 2.45) is 5.73 Å². The van der Waals surface area contributed by atoms with Crippen LogP contribution in [0.15, 0.2) is 30.5 Å². The smallest absolute Gasteiger partial charge is 0.225 e. The number of hydrogen-bond acceptors (Lipinski definition) is 8. The van der Waals surface area contributed by atoms with Crippen LogP contribution in [0.2, 0.25) is 0 Å². The van der Waals surface area contributed by atoms with E-state index in [1.807, 2.05) is 24.3 Å². The molecule has 0 amide bonds. The molecule has 1 aliphatic carbocycles. The summed E-state index contributed by atoms with van der Waals surface area (Å²) in [4.78, 5) is 11.3. The number of aliphatic hydroxyl groups excluding tert-OH is 1. The second kappa shape index (κ2) is 7.57. The number of anilines is 2. The van der Waals surface area contributed by atoms with Gasteiger partial charge in [0.25, 0.3) is 0 Å². The molecule has 0 bridgehead atoms. The van der Waals surface area contributed by atoms with E-state index in [9.17, 15) is 5.11 Å². The van der Waals surface area contributed by atoms with Crippen LogP contribution in [-0.2, 0) is 0 Å². The normalized spacial score (nSPS) is 24.9. The highest BCUT2D eigenvalue weighted by Crippen LogP contribution is 2.24. The number of nitrogens with one attached hydrogen (secondary N) is 1. The zero-order valence-corrected chi connectivity index (χ0v) is 16.3. The molecule has 152 valence electrons. The van der Waals surface area contributed by atoms with Gasteiger partial charge in [0.15, 0.2) is 11.2 Å². The fraction of sp³-hybridized carbons (Fsp3) is 0.500. The Morgan fingerprint density at radius 2 is 1.79 bits per heavy atom. The SMILES string of the molecule is NC1CCC(Nc2ncc3nnn(-c4ccc(N5CCC(O)C5)cc4)c3n2)CC1. The molecule has 5 rings (SSSR count). The van der Waals surface area contributed by atoms with Crippen LogP contribution in [0.25, 0.3) is 16.9 Å². The van der Waals surface area contributed by atoms with Crippen molar-refractivity contribution in [3.63, 3.8) is 0 Å². The van der Waals surface area contributed by atoms with Gasteiger partial charge in [-0.3, -0.25) is 0 Å². The minimum Gasteiger partial charge on any atom is -0.391 e. The van der Waals surface area contributed by atoms with Crippen LogP contribution in [0.5, 0.6) is 0 Å². The Hall–Kier alpha value is -2.78. The predicted octanol–water partition coefficient (Wildman–Crippen LogP) is 1.46. The molecule has 4 N–H and O–H groups in total. The van der Waals surface area contributed by atoms with Crippen molar-refractivity contribution in [3.05, 3.63) is 30.5 Å².